The van der Waals surface area contributed by atoms with E-state index in [-0.39, 0.29) is 4.99 Å². The highest BCUT2D eigenvalue weighted by molar-refractivity contribution is 7.92. The Morgan fingerprint density at radius 3 is 2.26 bits per heavy atom. The Hall–Kier alpha value is -0.280. The van der Waals surface area contributed by atoms with Crippen LogP contribution in [0.1, 0.15) is 19.8 Å². The molecular formula is C11H24N2O4S2. The van der Waals surface area contributed by atoms with Gasteiger partial charge in [-0.15, -0.1) is 0 Å². The summed E-state index contributed by atoms with van der Waals surface area (Å²) < 4.78 is 36.2. The topological polar surface area (TPSA) is 81.9 Å². The van der Waals surface area contributed by atoms with Crippen molar-refractivity contribution < 1.29 is 17.9 Å². The fraction of sp³-hybridized carbons (Fsp3) is 0.909. The average molecular weight is 312 g/mol. The van der Waals surface area contributed by atoms with Crippen molar-refractivity contribution in [3.05, 3.63) is 0 Å². The molecule has 0 heterocycles. The number of rotatable bonds is 11. The lowest BCUT2D eigenvalue weighted by atomic mass is 10.3. The van der Waals surface area contributed by atoms with Crippen LogP contribution in [0.4, 0.5) is 0 Å². The van der Waals surface area contributed by atoms with Gasteiger partial charge in [0.05, 0.1) is 11.6 Å². The zero-order valence-corrected chi connectivity index (χ0v) is 13.4. The number of nitrogens with two attached hydrogens (primary N) is 1. The summed E-state index contributed by atoms with van der Waals surface area (Å²) >= 11 is 4.85. The van der Waals surface area contributed by atoms with Crippen LogP contribution in [0.25, 0.3) is 0 Å². The van der Waals surface area contributed by atoms with E-state index in [9.17, 15) is 8.42 Å². The molecule has 0 radical (unpaired) electrons. The van der Waals surface area contributed by atoms with Crippen molar-refractivity contribution in [3.8, 4) is 0 Å². The third-order valence-corrected chi connectivity index (χ3v) is 5.53. The van der Waals surface area contributed by atoms with Crippen molar-refractivity contribution in [2.24, 2.45) is 5.73 Å². The minimum atomic E-state index is -3.53. The van der Waals surface area contributed by atoms with E-state index in [0.29, 0.717) is 39.1 Å². The Morgan fingerprint density at radius 2 is 1.84 bits per heavy atom. The number of ether oxygens (including phenoxy) is 2. The summed E-state index contributed by atoms with van der Waals surface area (Å²) in [6, 6.07) is 0. The van der Waals surface area contributed by atoms with Crippen molar-refractivity contribution in [1.29, 1.82) is 0 Å². The minimum Gasteiger partial charge on any atom is -0.392 e. The highest BCUT2D eigenvalue weighted by atomic mass is 32.2. The number of hydrogen-bond acceptors (Lipinski definition) is 5. The molecule has 0 saturated carbocycles. The SMILES string of the molecule is CCC(C(N)=S)S(=O)(=O)N(CCCOC)CCOC. The van der Waals surface area contributed by atoms with E-state index < -0.39 is 15.3 Å². The summed E-state index contributed by atoms with van der Waals surface area (Å²) in [6.45, 7) is 3.26. The smallest absolute Gasteiger partial charge is 0.223 e. The third kappa shape index (κ3) is 6.13. The lowest BCUT2D eigenvalue weighted by Gasteiger charge is -2.26. The summed E-state index contributed by atoms with van der Waals surface area (Å²) in [5.41, 5.74) is 5.52. The molecule has 0 spiro atoms. The summed E-state index contributed by atoms with van der Waals surface area (Å²) in [7, 11) is -0.420. The first-order valence-corrected chi connectivity index (χ1v) is 8.09. The molecule has 0 aliphatic carbocycles. The van der Waals surface area contributed by atoms with Gasteiger partial charge in [-0.1, -0.05) is 19.1 Å². The molecule has 1 unspecified atom stereocenters. The predicted molar refractivity (Wildman–Crippen MR) is 79.7 cm³/mol. The molecule has 0 fully saturated rings. The standard InChI is InChI=1S/C11H24N2O4S2/c1-4-10(11(12)18)19(14,15)13(7-9-17-3)6-5-8-16-2/h10H,4-9H2,1-3H3,(H2,12,18). The van der Waals surface area contributed by atoms with E-state index in [4.69, 9.17) is 27.4 Å². The fourth-order valence-corrected chi connectivity index (χ4v) is 4.00. The summed E-state index contributed by atoms with van der Waals surface area (Å²) in [5, 5.41) is -0.818. The molecule has 19 heavy (non-hydrogen) atoms. The van der Waals surface area contributed by atoms with Crippen LogP contribution in [0.2, 0.25) is 0 Å². The third-order valence-electron chi connectivity index (χ3n) is 2.71. The van der Waals surface area contributed by atoms with Crippen LogP contribution >= 0.6 is 12.2 Å². The maximum Gasteiger partial charge on any atom is 0.223 e. The Kier molecular flexibility index (Phi) is 9.46. The van der Waals surface area contributed by atoms with E-state index in [1.165, 1.54) is 11.4 Å². The lowest BCUT2D eigenvalue weighted by molar-refractivity contribution is 0.164. The molecule has 114 valence electrons. The average Bonchev–Trinajstić information content (AvgIpc) is 2.33. The first-order valence-electron chi connectivity index (χ1n) is 6.17. The van der Waals surface area contributed by atoms with Gasteiger partial charge >= 0.3 is 0 Å². The van der Waals surface area contributed by atoms with Gasteiger partial charge in [0.1, 0.15) is 5.25 Å². The van der Waals surface area contributed by atoms with Gasteiger partial charge in [0.25, 0.3) is 0 Å². The molecule has 0 aromatic carbocycles. The Labute approximate surface area is 121 Å². The molecule has 0 bridgehead atoms. The maximum absolute atomic E-state index is 12.5. The molecule has 0 rings (SSSR count). The quantitative estimate of drug-likeness (QED) is 0.438. The molecule has 0 aromatic rings. The van der Waals surface area contributed by atoms with Crippen LogP contribution in [0.15, 0.2) is 0 Å². The molecule has 0 aromatic heterocycles. The molecule has 0 aliphatic heterocycles. The van der Waals surface area contributed by atoms with Crippen LogP contribution in [0.5, 0.6) is 0 Å². The van der Waals surface area contributed by atoms with Gasteiger partial charge in [0.15, 0.2) is 0 Å². The van der Waals surface area contributed by atoms with Crippen molar-refractivity contribution in [2.45, 2.75) is 25.0 Å². The van der Waals surface area contributed by atoms with Crippen LogP contribution < -0.4 is 5.73 Å². The number of nitrogens with zero attached hydrogens (tertiary/aromatic N) is 1. The van der Waals surface area contributed by atoms with E-state index in [1.54, 1.807) is 14.0 Å². The second-order valence-corrected chi connectivity index (χ2v) is 6.67. The van der Waals surface area contributed by atoms with Gasteiger partial charge in [0.2, 0.25) is 10.0 Å². The van der Waals surface area contributed by atoms with E-state index in [1.807, 2.05) is 0 Å². The van der Waals surface area contributed by atoms with Crippen molar-refractivity contribution in [1.82, 2.24) is 4.31 Å². The Bertz CT molecular complexity index is 360. The highest BCUT2D eigenvalue weighted by Gasteiger charge is 2.32. The van der Waals surface area contributed by atoms with Crippen LogP contribution in [-0.4, -0.2) is 63.5 Å². The van der Waals surface area contributed by atoms with Gasteiger partial charge < -0.3 is 15.2 Å². The summed E-state index contributed by atoms with van der Waals surface area (Å²) in [6.07, 6.45) is 0.985. The second-order valence-electron chi connectivity index (χ2n) is 4.08. The van der Waals surface area contributed by atoms with Gasteiger partial charge in [-0.05, 0) is 12.8 Å². The minimum absolute atomic E-state index is 0.0108. The van der Waals surface area contributed by atoms with Gasteiger partial charge in [-0.2, -0.15) is 4.31 Å². The van der Waals surface area contributed by atoms with Gasteiger partial charge in [-0.25, -0.2) is 8.42 Å². The Balaban J connectivity index is 4.92. The van der Waals surface area contributed by atoms with Crippen LogP contribution in [0.3, 0.4) is 0 Å². The molecule has 0 amide bonds. The monoisotopic (exact) mass is 312 g/mol. The van der Waals surface area contributed by atoms with E-state index >= 15 is 0 Å². The molecular weight excluding hydrogens is 288 g/mol. The zero-order valence-electron chi connectivity index (χ0n) is 11.8. The van der Waals surface area contributed by atoms with E-state index in [0.717, 1.165) is 0 Å². The molecule has 2 N–H and O–H groups in total. The van der Waals surface area contributed by atoms with Gasteiger partial charge in [0, 0.05) is 33.9 Å². The summed E-state index contributed by atoms with van der Waals surface area (Å²) in [5.74, 6) is 0. The molecule has 1 atom stereocenters. The van der Waals surface area contributed by atoms with E-state index in [2.05, 4.69) is 0 Å². The number of methoxy groups -OCH3 is 2. The second kappa shape index (κ2) is 9.60. The van der Waals surface area contributed by atoms with Crippen molar-refractivity contribution in [3.63, 3.8) is 0 Å². The molecule has 6 nitrogen and oxygen atoms in total. The fourth-order valence-electron chi connectivity index (χ4n) is 1.68. The largest absolute Gasteiger partial charge is 0.392 e. The predicted octanol–water partition coefficient (Wildman–Crippen LogP) is 0.366. The number of thiocarbonyl (C=S) groups is 1. The number of hydrogen-bond donors (Lipinski definition) is 1. The first kappa shape index (κ1) is 18.7. The summed E-state index contributed by atoms with van der Waals surface area (Å²) in [4.78, 5) is 0.0108. The van der Waals surface area contributed by atoms with Crippen LogP contribution in [0, 0.1) is 0 Å². The maximum atomic E-state index is 12.5. The van der Waals surface area contributed by atoms with Crippen molar-refractivity contribution >= 4 is 27.2 Å². The molecule has 0 saturated heterocycles. The van der Waals surface area contributed by atoms with Crippen LogP contribution in [-0.2, 0) is 19.5 Å². The Morgan fingerprint density at radius 1 is 1.26 bits per heavy atom. The highest BCUT2D eigenvalue weighted by Crippen LogP contribution is 2.13. The zero-order chi connectivity index (χ0) is 14.9. The van der Waals surface area contributed by atoms with Gasteiger partial charge in [-0.3, -0.25) is 0 Å². The number of sulfonamides is 1. The molecule has 8 heteroatoms. The van der Waals surface area contributed by atoms with Crippen molar-refractivity contribution in [2.75, 3.05) is 40.5 Å². The lowest BCUT2D eigenvalue weighted by Crippen LogP contribution is -2.46. The first-order chi connectivity index (χ1) is 8.91. The normalized spacial score (nSPS) is 13.7. The molecule has 0 aliphatic rings.